The normalized spacial score (nSPS) is 10.9. The van der Waals surface area contributed by atoms with E-state index in [9.17, 15) is 0 Å². The molecular formula is C16H23N3. The van der Waals surface area contributed by atoms with Gasteiger partial charge in [-0.25, -0.2) is 0 Å². The fraction of sp³-hybridized carbons (Fsp3) is 0.438. The average Bonchev–Trinajstić information content (AvgIpc) is 2.77. The van der Waals surface area contributed by atoms with Crippen LogP contribution in [0.25, 0.3) is 0 Å². The molecule has 0 unspecified atom stereocenters. The molecule has 3 heteroatoms. The molecule has 2 rings (SSSR count). The number of hydrogen-bond donors (Lipinski definition) is 1. The van der Waals surface area contributed by atoms with Crippen LogP contribution in [0.5, 0.6) is 0 Å². The van der Waals surface area contributed by atoms with E-state index in [1.54, 1.807) is 0 Å². The maximum absolute atomic E-state index is 4.55. The Bertz CT molecular complexity index is 511. The van der Waals surface area contributed by atoms with Gasteiger partial charge in [0.05, 0.1) is 12.7 Å². The van der Waals surface area contributed by atoms with Gasteiger partial charge in [0.15, 0.2) is 0 Å². The molecule has 0 saturated carbocycles. The summed E-state index contributed by atoms with van der Waals surface area (Å²) >= 11 is 0. The van der Waals surface area contributed by atoms with Crippen molar-refractivity contribution in [1.29, 1.82) is 0 Å². The molecule has 0 bridgehead atoms. The Kier molecular flexibility index (Phi) is 4.74. The predicted octanol–water partition coefficient (Wildman–Crippen LogP) is 2.91. The standard InChI is InChI=1S/C16H23N3/c1-4-5-16-15(10-17-3)11-18-19(16)12-14-8-6-13(2)7-9-14/h6-9,11,17H,4-5,10,12H2,1-3H3. The number of nitrogens with one attached hydrogen (secondary N) is 1. The minimum atomic E-state index is 0.860. The first-order valence-corrected chi connectivity index (χ1v) is 6.98. The van der Waals surface area contributed by atoms with Crippen LogP contribution < -0.4 is 5.32 Å². The summed E-state index contributed by atoms with van der Waals surface area (Å²) in [5.41, 5.74) is 5.28. The van der Waals surface area contributed by atoms with Crippen molar-refractivity contribution in [3.05, 3.63) is 52.8 Å². The second-order valence-corrected chi connectivity index (χ2v) is 5.04. The third-order valence-corrected chi connectivity index (χ3v) is 3.34. The Morgan fingerprint density at radius 3 is 2.58 bits per heavy atom. The maximum atomic E-state index is 4.55. The first-order valence-electron chi connectivity index (χ1n) is 6.98. The van der Waals surface area contributed by atoms with Crippen LogP contribution in [0, 0.1) is 6.92 Å². The highest BCUT2D eigenvalue weighted by atomic mass is 15.3. The summed E-state index contributed by atoms with van der Waals surface area (Å²) in [4.78, 5) is 0. The molecule has 0 aliphatic rings. The minimum absolute atomic E-state index is 0.860. The molecule has 0 saturated heterocycles. The zero-order valence-electron chi connectivity index (χ0n) is 12.1. The highest BCUT2D eigenvalue weighted by molar-refractivity contribution is 5.24. The van der Waals surface area contributed by atoms with Gasteiger partial charge in [-0.2, -0.15) is 5.10 Å². The van der Waals surface area contributed by atoms with Crippen LogP contribution in [-0.4, -0.2) is 16.8 Å². The highest BCUT2D eigenvalue weighted by Gasteiger charge is 2.09. The van der Waals surface area contributed by atoms with Gasteiger partial charge in [-0.1, -0.05) is 43.2 Å². The van der Waals surface area contributed by atoms with E-state index >= 15 is 0 Å². The molecular weight excluding hydrogens is 234 g/mol. The lowest BCUT2D eigenvalue weighted by molar-refractivity contribution is 0.632. The van der Waals surface area contributed by atoms with Crippen molar-refractivity contribution < 1.29 is 0 Å². The zero-order valence-corrected chi connectivity index (χ0v) is 12.1. The number of hydrogen-bond acceptors (Lipinski definition) is 2. The Balaban J connectivity index is 2.21. The molecule has 1 aromatic carbocycles. The van der Waals surface area contributed by atoms with E-state index in [1.807, 2.05) is 13.2 Å². The first kappa shape index (κ1) is 13.8. The molecule has 2 aromatic rings. The van der Waals surface area contributed by atoms with Crippen molar-refractivity contribution in [2.75, 3.05) is 7.05 Å². The maximum Gasteiger partial charge on any atom is 0.0662 e. The molecule has 3 nitrogen and oxygen atoms in total. The second-order valence-electron chi connectivity index (χ2n) is 5.04. The third kappa shape index (κ3) is 3.44. The Morgan fingerprint density at radius 1 is 1.21 bits per heavy atom. The lowest BCUT2D eigenvalue weighted by Crippen LogP contribution is -2.10. The fourth-order valence-corrected chi connectivity index (χ4v) is 2.32. The number of nitrogens with zero attached hydrogens (tertiary/aromatic N) is 2. The van der Waals surface area contributed by atoms with Crippen molar-refractivity contribution in [1.82, 2.24) is 15.1 Å². The van der Waals surface area contributed by atoms with E-state index in [2.05, 4.69) is 53.2 Å². The molecule has 0 radical (unpaired) electrons. The first-order chi connectivity index (χ1) is 9.24. The molecule has 1 aromatic heterocycles. The average molecular weight is 257 g/mol. The van der Waals surface area contributed by atoms with Crippen LogP contribution in [0.2, 0.25) is 0 Å². The second kappa shape index (κ2) is 6.53. The SMILES string of the molecule is CCCc1c(CNC)cnn1Cc1ccc(C)cc1. The fourth-order valence-electron chi connectivity index (χ4n) is 2.32. The van der Waals surface area contributed by atoms with Crippen LogP contribution >= 0.6 is 0 Å². The van der Waals surface area contributed by atoms with Gasteiger partial charge in [0.25, 0.3) is 0 Å². The summed E-state index contributed by atoms with van der Waals surface area (Å²) in [6.07, 6.45) is 4.23. The van der Waals surface area contributed by atoms with Gasteiger partial charge in [-0.3, -0.25) is 4.68 Å². The quantitative estimate of drug-likeness (QED) is 0.862. The van der Waals surface area contributed by atoms with E-state index in [0.29, 0.717) is 0 Å². The molecule has 0 fully saturated rings. The van der Waals surface area contributed by atoms with Gasteiger partial charge in [0, 0.05) is 17.8 Å². The summed E-state index contributed by atoms with van der Waals surface area (Å²) in [6.45, 7) is 6.08. The van der Waals surface area contributed by atoms with Crippen molar-refractivity contribution >= 4 is 0 Å². The van der Waals surface area contributed by atoms with Crippen molar-refractivity contribution in [3.8, 4) is 0 Å². The summed E-state index contributed by atoms with van der Waals surface area (Å²) in [5, 5.41) is 7.76. The lowest BCUT2D eigenvalue weighted by atomic mass is 10.1. The van der Waals surface area contributed by atoms with E-state index < -0.39 is 0 Å². The van der Waals surface area contributed by atoms with Crippen LogP contribution in [0.1, 0.15) is 35.7 Å². The Hall–Kier alpha value is -1.61. The van der Waals surface area contributed by atoms with Gasteiger partial charge in [-0.05, 0) is 26.0 Å². The molecule has 0 atom stereocenters. The smallest absolute Gasteiger partial charge is 0.0662 e. The monoisotopic (exact) mass is 257 g/mol. The molecule has 0 aliphatic carbocycles. The van der Waals surface area contributed by atoms with Gasteiger partial charge >= 0.3 is 0 Å². The van der Waals surface area contributed by atoms with Crippen LogP contribution in [0.4, 0.5) is 0 Å². The molecule has 0 aliphatic heterocycles. The minimum Gasteiger partial charge on any atom is -0.316 e. The number of aryl methyl sites for hydroxylation is 1. The van der Waals surface area contributed by atoms with E-state index in [4.69, 9.17) is 0 Å². The number of rotatable bonds is 6. The van der Waals surface area contributed by atoms with Gasteiger partial charge < -0.3 is 5.32 Å². The molecule has 1 N–H and O–H groups in total. The molecule has 19 heavy (non-hydrogen) atoms. The largest absolute Gasteiger partial charge is 0.316 e. The summed E-state index contributed by atoms with van der Waals surface area (Å²) in [7, 11) is 1.98. The molecule has 0 spiro atoms. The summed E-state index contributed by atoms with van der Waals surface area (Å²) < 4.78 is 2.14. The third-order valence-electron chi connectivity index (χ3n) is 3.34. The van der Waals surface area contributed by atoms with E-state index in [-0.39, 0.29) is 0 Å². The van der Waals surface area contributed by atoms with Gasteiger partial charge in [-0.15, -0.1) is 0 Å². The van der Waals surface area contributed by atoms with Crippen LogP contribution in [0.15, 0.2) is 30.5 Å². The Morgan fingerprint density at radius 2 is 1.95 bits per heavy atom. The number of aromatic nitrogens is 2. The van der Waals surface area contributed by atoms with Gasteiger partial charge in [0.2, 0.25) is 0 Å². The lowest BCUT2D eigenvalue weighted by Gasteiger charge is -2.09. The highest BCUT2D eigenvalue weighted by Crippen LogP contribution is 2.14. The Labute approximate surface area is 115 Å². The predicted molar refractivity (Wildman–Crippen MR) is 79.3 cm³/mol. The topological polar surface area (TPSA) is 29.9 Å². The van der Waals surface area contributed by atoms with E-state index in [1.165, 1.54) is 22.4 Å². The van der Waals surface area contributed by atoms with E-state index in [0.717, 1.165) is 25.9 Å². The number of benzene rings is 1. The molecule has 102 valence electrons. The summed E-state index contributed by atoms with van der Waals surface area (Å²) in [5.74, 6) is 0. The van der Waals surface area contributed by atoms with Gasteiger partial charge in [0.1, 0.15) is 0 Å². The van der Waals surface area contributed by atoms with Crippen LogP contribution in [-0.2, 0) is 19.5 Å². The zero-order chi connectivity index (χ0) is 13.7. The van der Waals surface area contributed by atoms with Crippen molar-refractivity contribution in [3.63, 3.8) is 0 Å². The van der Waals surface area contributed by atoms with Crippen molar-refractivity contribution in [2.45, 2.75) is 39.8 Å². The molecule has 1 heterocycles. The summed E-state index contributed by atoms with van der Waals surface area (Å²) in [6, 6.07) is 8.69. The molecule has 0 amide bonds. The van der Waals surface area contributed by atoms with Crippen LogP contribution in [0.3, 0.4) is 0 Å². The van der Waals surface area contributed by atoms with Crippen molar-refractivity contribution in [2.24, 2.45) is 0 Å².